The minimum Gasteiger partial charge on any atom is -0.309 e. The first-order valence-corrected chi connectivity index (χ1v) is 9.39. The third-order valence-corrected chi connectivity index (χ3v) is 5.81. The third-order valence-electron chi connectivity index (χ3n) is 4.13. The first kappa shape index (κ1) is 16.5. The molecule has 1 aliphatic rings. The molecule has 1 fully saturated rings. The van der Waals surface area contributed by atoms with Crippen molar-refractivity contribution in [2.24, 2.45) is 0 Å². The molecule has 2 rings (SSSR count). The van der Waals surface area contributed by atoms with Gasteiger partial charge in [0.25, 0.3) is 0 Å². The van der Waals surface area contributed by atoms with E-state index in [1.165, 1.54) is 5.56 Å². The summed E-state index contributed by atoms with van der Waals surface area (Å²) in [7, 11) is -2.92. The molecule has 1 unspecified atom stereocenters. The number of hydrogen-bond acceptors (Lipinski definition) is 4. The largest absolute Gasteiger partial charge is 0.309 e. The van der Waals surface area contributed by atoms with Crippen LogP contribution in [0.2, 0.25) is 0 Å². The summed E-state index contributed by atoms with van der Waals surface area (Å²) in [6.07, 6.45) is 0. The van der Waals surface area contributed by atoms with Gasteiger partial charge in [0.05, 0.1) is 5.75 Å². The van der Waals surface area contributed by atoms with Crippen LogP contribution in [0.15, 0.2) is 30.3 Å². The number of benzene rings is 1. The van der Waals surface area contributed by atoms with Gasteiger partial charge >= 0.3 is 0 Å². The van der Waals surface area contributed by atoms with Crippen molar-refractivity contribution in [2.45, 2.75) is 32.4 Å². The van der Waals surface area contributed by atoms with Crippen LogP contribution in [0.3, 0.4) is 0 Å². The Balaban J connectivity index is 2.14. The first-order valence-electron chi connectivity index (χ1n) is 7.57. The monoisotopic (exact) mass is 310 g/mol. The van der Waals surface area contributed by atoms with Crippen molar-refractivity contribution in [3.8, 4) is 0 Å². The highest BCUT2D eigenvalue weighted by atomic mass is 32.2. The molecule has 0 bridgehead atoms. The molecule has 1 aliphatic heterocycles. The normalized spacial score (nSPS) is 23.1. The second kappa shape index (κ2) is 6.46. The fraction of sp³-hybridized carbons (Fsp3) is 0.625. The quantitative estimate of drug-likeness (QED) is 0.902. The number of nitrogens with one attached hydrogen (secondary N) is 1. The Labute approximate surface area is 128 Å². The molecule has 0 aliphatic carbocycles. The molecule has 4 nitrogen and oxygen atoms in total. The van der Waals surface area contributed by atoms with Crippen molar-refractivity contribution in [3.63, 3.8) is 0 Å². The van der Waals surface area contributed by atoms with Crippen LogP contribution >= 0.6 is 0 Å². The van der Waals surface area contributed by atoms with Crippen LogP contribution in [-0.4, -0.2) is 50.0 Å². The summed E-state index contributed by atoms with van der Waals surface area (Å²) >= 11 is 0. The predicted octanol–water partition coefficient (Wildman–Crippen LogP) is 1.85. The first-order chi connectivity index (χ1) is 9.83. The molecule has 0 saturated carbocycles. The Morgan fingerprint density at radius 1 is 1.29 bits per heavy atom. The van der Waals surface area contributed by atoms with Gasteiger partial charge in [-0.3, -0.25) is 4.90 Å². The van der Waals surface area contributed by atoms with E-state index in [0.717, 1.165) is 13.1 Å². The molecular weight excluding hydrogens is 284 g/mol. The number of rotatable bonds is 5. The van der Waals surface area contributed by atoms with Crippen molar-refractivity contribution < 1.29 is 8.42 Å². The average molecular weight is 310 g/mol. The molecule has 0 radical (unpaired) electrons. The van der Waals surface area contributed by atoms with Gasteiger partial charge in [-0.2, -0.15) is 0 Å². The van der Waals surface area contributed by atoms with Crippen molar-refractivity contribution in [1.29, 1.82) is 0 Å². The summed E-state index contributed by atoms with van der Waals surface area (Å²) < 4.78 is 23.6. The number of hydrogen-bond donors (Lipinski definition) is 1. The molecule has 1 aromatic rings. The Hall–Kier alpha value is -0.910. The molecule has 21 heavy (non-hydrogen) atoms. The Morgan fingerprint density at radius 3 is 2.57 bits per heavy atom. The van der Waals surface area contributed by atoms with E-state index >= 15 is 0 Å². The summed E-state index contributed by atoms with van der Waals surface area (Å²) in [6.45, 7) is 8.34. The molecule has 1 aromatic carbocycles. The minimum absolute atomic E-state index is 0.0151. The molecule has 1 saturated heterocycles. The summed E-state index contributed by atoms with van der Waals surface area (Å²) in [5.74, 6) is 0.460. The molecule has 118 valence electrons. The number of nitrogens with zero attached hydrogens (tertiary/aromatic N) is 1. The van der Waals surface area contributed by atoms with Crippen molar-refractivity contribution in [2.75, 3.05) is 31.1 Å². The lowest BCUT2D eigenvalue weighted by Crippen LogP contribution is -2.58. The topological polar surface area (TPSA) is 49.4 Å². The van der Waals surface area contributed by atoms with Crippen LogP contribution in [-0.2, 0) is 9.84 Å². The van der Waals surface area contributed by atoms with Gasteiger partial charge < -0.3 is 5.32 Å². The summed E-state index contributed by atoms with van der Waals surface area (Å²) in [6, 6.07) is 10.6. The molecule has 1 atom stereocenters. The van der Waals surface area contributed by atoms with Crippen LogP contribution in [0, 0.1) is 0 Å². The smallest absolute Gasteiger partial charge is 0.151 e. The Morgan fingerprint density at radius 2 is 1.95 bits per heavy atom. The lowest BCUT2D eigenvalue weighted by molar-refractivity contribution is 0.102. The number of piperazine rings is 1. The van der Waals surface area contributed by atoms with Gasteiger partial charge in [-0.15, -0.1) is 0 Å². The maximum Gasteiger partial charge on any atom is 0.151 e. The van der Waals surface area contributed by atoms with E-state index in [1.54, 1.807) is 6.92 Å². The maximum atomic E-state index is 11.8. The van der Waals surface area contributed by atoms with Gasteiger partial charge in [0, 0.05) is 37.0 Å². The minimum atomic E-state index is -2.92. The SMILES string of the molecule is CCS(=O)(=O)CCN1CC(C)(C)NCC1c1ccccc1. The Bertz CT molecular complexity index is 555. The van der Waals surface area contributed by atoms with E-state index in [-0.39, 0.29) is 23.1 Å². The van der Waals surface area contributed by atoms with Crippen LogP contribution in [0.4, 0.5) is 0 Å². The van der Waals surface area contributed by atoms with Crippen LogP contribution in [0.25, 0.3) is 0 Å². The van der Waals surface area contributed by atoms with Crippen LogP contribution in [0.1, 0.15) is 32.4 Å². The van der Waals surface area contributed by atoms with Crippen LogP contribution in [0.5, 0.6) is 0 Å². The highest BCUT2D eigenvalue weighted by Gasteiger charge is 2.33. The van der Waals surface area contributed by atoms with E-state index < -0.39 is 9.84 Å². The van der Waals surface area contributed by atoms with Gasteiger partial charge in [0.1, 0.15) is 0 Å². The average Bonchev–Trinajstić information content (AvgIpc) is 2.45. The number of sulfone groups is 1. The molecule has 5 heteroatoms. The second-order valence-electron chi connectivity index (χ2n) is 6.40. The molecule has 0 spiro atoms. The summed E-state index contributed by atoms with van der Waals surface area (Å²) in [5, 5.41) is 3.56. The fourth-order valence-electron chi connectivity index (χ4n) is 2.82. The maximum absolute atomic E-state index is 11.8. The zero-order valence-electron chi connectivity index (χ0n) is 13.2. The van der Waals surface area contributed by atoms with Crippen molar-refractivity contribution in [1.82, 2.24) is 10.2 Å². The summed E-state index contributed by atoms with van der Waals surface area (Å²) in [4.78, 5) is 2.30. The molecule has 1 heterocycles. The standard InChI is InChI=1S/C16H26N2O2S/c1-4-21(19,20)11-10-18-13-16(2,3)17-12-15(18)14-8-6-5-7-9-14/h5-9,15,17H,4,10-13H2,1-3H3. The molecule has 0 amide bonds. The molecular formula is C16H26N2O2S. The molecule has 0 aromatic heterocycles. The van der Waals surface area contributed by atoms with Gasteiger partial charge in [0.2, 0.25) is 0 Å². The zero-order valence-corrected chi connectivity index (χ0v) is 14.0. The van der Waals surface area contributed by atoms with Gasteiger partial charge in [0.15, 0.2) is 9.84 Å². The van der Waals surface area contributed by atoms with Gasteiger partial charge in [-0.25, -0.2) is 8.42 Å². The van der Waals surface area contributed by atoms with Crippen molar-refractivity contribution >= 4 is 9.84 Å². The van der Waals surface area contributed by atoms with Crippen molar-refractivity contribution in [3.05, 3.63) is 35.9 Å². The highest BCUT2D eigenvalue weighted by Crippen LogP contribution is 2.26. The third kappa shape index (κ3) is 4.53. The zero-order chi connectivity index (χ0) is 15.5. The Kier molecular flexibility index (Phi) is 5.07. The van der Waals surface area contributed by atoms with E-state index in [4.69, 9.17) is 0 Å². The fourth-order valence-corrected chi connectivity index (χ4v) is 3.62. The lowest BCUT2D eigenvalue weighted by atomic mass is 9.95. The second-order valence-corrected chi connectivity index (χ2v) is 8.87. The summed E-state index contributed by atoms with van der Waals surface area (Å²) in [5.41, 5.74) is 1.26. The highest BCUT2D eigenvalue weighted by molar-refractivity contribution is 7.91. The van der Waals surface area contributed by atoms with E-state index in [1.807, 2.05) is 18.2 Å². The molecule has 1 N–H and O–H groups in total. The van der Waals surface area contributed by atoms with Gasteiger partial charge in [-0.05, 0) is 19.4 Å². The van der Waals surface area contributed by atoms with E-state index in [9.17, 15) is 8.42 Å². The van der Waals surface area contributed by atoms with Gasteiger partial charge in [-0.1, -0.05) is 37.3 Å². The van der Waals surface area contributed by atoms with E-state index in [2.05, 4.69) is 36.2 Å². The predicted molar refractivity (Wildman–Crippen MR) is 87.2 cm³/mol. The van der Waals surface area contributed by atoms with E-state index in [0.29, 0.717) is 6.54 Å². The lowest BCUT2D eigenvalue weighted by Gasteiger charge is -2.44. The van der Waals surface area contributed by atoms with Crippen LogP contribution < -0.4 is 5.32 Å².